The summed E-state index contributed by atoms with van der Waals surface area (Å²) in [4.78, 5) is 9.87. The highest BCUT2D eigenvalue weighted by Crippen LogP contribution is 2.38. The van der Waals surface area contributed by atoms with Crippen LogP contribution in [0.15, 0.2) is 55.0 Å². The average Bonchev–Trinajstić information content (AvgIpc) is 2.91. The third-order valence-corrected chi connectivity index (χ3v) is 4.51. The highest BCUT2D eigenvalue weighted by Gasteiger charge is 2.31. The summed E-state index contributed by atoms with van der Waals surface area (Å²) in [7, 11) is 0. The first-order chi connectivity index (χ1) is 13.4. The van der Waals surface area contributed by atoms with Crippen molar-refractivity contribution in [1.82, 2.24) is 9.97 Å². The van der Waals surface area contributed by atoms with E-state index in [1.165, 1.54) is 0 Å². The molecular formula is C20H16F3N3O2. The molecule has 0 aliphatic carbocycles. The summed E-state index contributed by atoms with van der Waals surface area (Å²) in [6, 6.07) is 9.05. The monoisotopic (exact) mass is 387 g/mol. The molecule has 0 atom stereocenters. The second-order valence-electron chi connectivity index (χ2n) is 6.40. The van der Waals surface area contributed by atoms with Crippen molar-refractivity contribution in [2.45, 2.75) is 12.7 Å². The molecular weight excluding hydrogens is 371 g/mol. The normalized spacial score (nSPS) is 14.2. The number of benzene rings is 1. The van der Waals surface area contributed by atoms with Crippen LogP contribution in [0.3, 0.4) is 0 Å². The van der Waals surface area contributed by atoms with Gasteiger partial charge >= 0.3 is 6.18 Å². The van der Waals surface area contributed by atoms with E-state index in [2.05, 4.69) is 9.97 Å². The van der Waals surface area contributed by atoms with Crippen LogP contribution in [0.1, 0.15) is 11.1 Å². The van der Waals surface area contributed by atoms with E-state index in [1.54, 1.807) is 29.4 Å². The first kappa shape index (κ1) is 18.1. The van der Waals surface area contributed by atoms with Crippen molar-refractivity contribution in [3.63, 3.8) is 0 Å². The van der Waals surface area contributed by atoms with E-state index < -0.39 is 11.7 Å². The number of halogens is 3. The van der Waals surface area contributed by atoms with Gasteiger partial charge in [-0.05, 0) is 35.9 Å². The zero-order valence-electron chi connectivity index (χ0n) is 14.6. The number of phenolic OH excluding ortho intramolecular Hbond substituents is 1. The topological polar surface area (TPSA) is 58.5 Å². The zero-order chi connectivity index (χ0) is 19.7. The van der Waals surface area contributed by atoms with Crippen LogP contribution in [0.4, 0.5) is 19.0 Å². The first-order valence-corrected chi connectivity index (χ1v) is 8.59. The fourth-order valence-corrected chi connectivity index (χ4v) is 3.16. The summed E-state index contributed by atoms with van der Waals surface area (Å²) in [6.07, 6.45) is 0.0276. The van der Waals surface area contributed by atoms with E-state index in [1.807, 2.05) is 12.1 Å². The summed E-state index contributed by atoms with van der Waals surface area (Å²) in [5.41, 5.74) is 1.46. The molecule has 0 unspecified atom stereocenters. The van der Waals surface area contributed by atoms with Crippen LogP contribution in [-0.2, 0) is 12.7 Å². The number of ether oxygens (including phenoxy) is 1. The number of nitrogens with zero attached hydrogens (tertiary/aromatic N) is 3. The second-order valence-corrected chi connectivity index (χ2v) is 6.40. The molecule has 0 saturated heterocycles. The minimum atomic E-state index is -4.44. The van der Waals surface area contributed by atoms with Gasteiger partial charge in [0, 0.05) is 36.3 Å². The maximum absolute atomic E-state index is 13.0. The van der Waals surface area contributed by atoms with Gasteiger partial charge in [-0.1, -0.05) is 6.07 Å². The molecule has 4 rings (SSSR count). The zero-order valence-corrected chi connectivity index (χ0v) is 14.6. The Morgan fingerprint density at radius 3 is 2.68 bits per heavy atom. The lowest BCUT2D eigenvalue weighted by atomic mass is 10.0. The fourth-order valence-electron chi connectivity index (χ4n) is 3.16. The number of phenols is 1. The molecule has 3 heterocycles. The van der Waals surface area contributed by atoms with Gasteiger partial charge in [-0.25, -0.2) is 4.98 Å². The maximum atomic E-state index is 13.0. The molecule has 0 amide bonds. The predicted octanol–water partition coefficient (Wildman–Crippen LogP) is 4.27. The molecule has 8 heteroatoms. The van der Waals surface area contributed by atoms with E-state index in [-0.39, 0.29) is 24.7 Å². The molecule has 1 aromatic carbocycles. The van der Waals surface area contributed by atoms with Gasteiger partial charge in [0.25, 0.3) is 0 Å². The van der Waals surface area contributed by atoms with Gasteiger partial charge in [0.15, 0.2) is 11.5 Å². The molecule has 0 fully saturated rings. The van der Waals surface area contributed by atoms with Crippen LogP contribution in [0.5, 0.6) is 11.5 Å². The number of pyridine rings is 2. The minimum Gasteiger partial charge on any atom is -0.504 e. The number of hydrogen-bond acceptors (Lipinski definition) is 5. The highest BCUT2D eigenvalue weighted by atomic mass is 19.4. The first-order valence-electron chi connectivity index (χ1n) is 8.59. The van der Waals surface area contributed by atoms with Gasteiger partial charge in [0.1, 0.15) is 12.4 Å². The van der Waals surface area contributed by atoms with Gasteiger partial charge in [-0.15, -0.1) is 0 Å². The van der Waals surface area contributed by atoms with E-state index in [0.717, 1.165) is 29.5 Å². The smallest absolute Gasteiger partial charge is 0.416 e. The van der Waals surface area contributed by atoms with Gasteiger partial charge in [0.05, 0.1) is 12.1 Å². The van der Waals surface area contributed by atoms with Crippen molar-refractivity contribution in [3.8, 4) is 22.6 Å². The summed E-state index contributed by atoms with van der Waals surface area (Å²) in [5.74, 6) is 0.523. The predicted molar refractivity (Wildman–Crippen MR) is 97.1 cm³/mol. The van der Waals surface area contributed by atoms with Crippen LogP contribution in [0.25, 0.3) is 11.1 Å². The van der Waals surface area contributed by atoms with Crippen LogP contribution in [0.2, 0.25) is 0 Å². The summed E-state index contributed by atoms with van der Waals surface area (Å²) >= 11 is 0. The quantitative estimate of drug-likeness (QED) is 0.712. The Balaban J connectivity index is 1.71. The van der Waals surface area contributed by atoms with E-state index in [9.17, 15) is 18.3 Å². The Labute approximate surface area is 159 Å². The SMILES string of the molecule is Oc1cc(-c2cccnc2)cc2c1OCCN(c1cc(C(F)(F)F)ccn1)C2. The summed E-state index contributed by atoms with van der Waals surface area (Å²) in [5, 5.41) is 10.4. The van der Waals surface area contributed by atoms with Gasteiger partial charge in [-0.3, -0.25) is 4.98 Å². The summed E-state index contributed by atoms with van der Waals surface area (Å²) in [6.45, 7) is 0.806. The van der Waals surface area contributed by atoms with Crippen molar-refractivity contribution < 1.29 is 23.0 Å². The number of rotatable bonds is 2. The Morgan fingerprint density at radius 2 is 1.93 bits per heavy atom. The molecule has 0 bridgehead atoms. The number of hydrogen-bond donors (Lipinski definition) is 1. The van der Waals surface area contributed by atoms with E-state index in [4.69, 9.17) is 4.74 Å². The fraction of sp³-hybridized carbons (Fsp3) is 0.200. The van der Waals surface area contributed by atoms with Crippen molar-refractivity contribution >= 4 is 5.82 Å². The second kappa shape index (κ2) is 7.03. The lowest BCUT2D eigenvalue weighted by molar-refractivity contribution is -0.137. The molecule has 0 saturated carbocycles. The Morgan fingerprint density at radius 1 is 1.07 bits per heavy atom. The molecule has 3 aromatic rings. The number of alkyl halides is 3. The van der Waals surface area contributed by atoms with Crippen LogP contribution < -0.4 is 9.64 Å². The molecule has 5 nitrogen and oxygen atoms in total. The third kappa shape index (κ3) is 3.58. The average molecular weight is 387 g/mol. The van der Waals surface area contributed by atoms with Crippen LogP contribution in [0, 0.1) is 0 Å². The molecule has 1 N–H and O–H groups in total. The van der Waals surface area contributed by atoms with Gasteiger partial charge in [0.2, 0.25) is 0 Å². The highest BCUT2D eigenvalue weighted by molar-refractivity contribution is 5.69. The number of aromatic nitrogens is 2. The van der Waals surface area contributed by atoms with Crippen molar-refractivity contribution in [3.05, 3.63) is 66.1 Å². The van der Waals surface area contributed by atoms with Crippen LogP contribution >= 0.6 is 0 Å². The Kier molecular flexibility index (Phi) is 4.54. The summed E-state index contributed by atoms with van der Waals surface area (Å²) < 4.78 is 44.8. The number of aromatic hydroxyl groups is 1. The maximum Gasteiger partial charge on any atom is 0.416 e. The van der Waals surface area contributed by atoms with Crippen molar-refractivity contribution in [2.75, 3.05) is 18.1 Å². The lowest BCUT2D eigenvalue weighted by Crippen LogP contribution is -2.26. The number of anilines is 1. The Hall–Kier alpha value is -3.29. The molecule has 28 heavy (non-hydrogen) atoms. The lowest BCUT2D eigenvalue weighted by Gasteiger charge is -2.22. The molecule has 144 valence electrons. The molecule has 2 aromatic heterocycles. The van der Waals surface area contributed by atoms with Gasteiger partial charge in [-0.2, -0.15) is 13.2 Å². The third-order valence-electron chi connectivity index (χ3n) is 4.51. The largest absolute Gasteiger partial charge is 0.504 e. The molecule has 1 aliphatic heterocycles. The molecule has 1 aliphatic rings. The van der Waals surface area contributed by atoms with Crippen molar-refractivity contribution in [1.29, 1.82) is 0 Å². The minimum absolute atomic E-state index is 0.0183. The molecule has 0 radical (unpaired) electrons. The van der Waals surface area contributed by atoms with E-state index >= 15 is 0 Å². The van der Waals surface area contributed by atoms with Gasteiger partial charge < -0.3 is 14.7 Å². The number of fused-ring (bicyclic) bond motifs is 1. The standard InChI is InChI=1S/C20H16F3N3O2/c21-20(22,23)16-3-5-25-18(10-16)26-6-7-28-19-15(12-26)8-14(9-17(19)27)13-2-1-4-24-11-13/h1-5,8-11,27H,6-7,12H2. The van der Waals surface area contributed by atoms with Crippen molar-refractivity contribution in [2.24, 2.45) is 0 Å². The van der Waals surface area contributed by atoms with Crippen LogP contribution in [-0.4, -0.2) is 28.2 Å². The Bertz CT molecular complexity index is 994. The van der Waals surface area contributed by atoms with E-state index in [0.29, 0.717) is 17.9 Å². The molecule has 0 spiro atoms.